The number of aromatic nitrogens is 2. The zero-order valence-corrected chi connectivity index (χ0v) is 21.6. The highest BCUT2D eigenvalue weighted by molar-refractivity contribution is 5.99. The van der Waals surface area contributed by atoms with Gasteiger partial charge in [-0.3, -0.25) is 9.78 Å². The number of hydrogen-bond donors (Lipinski definition) is 2. The molecule has 2 heterocycles. The third-order valence-corrected chi connectivity index (χ3v) is 7.14. The molecular formula is C32H29N3O3. The minimum atomic E-state index is -0.936. The minimum absolute atomic E-state index is 0.132. The fourth-order valence-electron chi connectivity index (χ4n) is 4.87. The fourth-order valence-corrected chi connectivity index (χ4v) is 4.87. The first-order valence-electron chi connectivity index (χ1n) is 12.6. The van der Waals surface area contributed by atoms with Crippen molar-refractivity contribution < 1.29 is 14.7 Å². The molecule has 0 spiro atoms. The number of nitrogens with zero attached hydrogens (tertiary/aromatic N) is 2. The van der Waals surface area contributed by atoms with Crippen LogP contribution in [0.25, 0.3) is 22.0 Å². The van der Waals surface area contributed by atoms with Crippen LogP contribution in [0.15, 0.2) is 91.1 Å². The van der Waals surface area contributed by atoms with Gasteiger partial charge < -0.3 is 15.0 Å². The maximum atomic E-state index is 13.0. The first-order chi connectivity index (χ1) is 18.3. The number of carbonyl (C=O) groups is 2. The first-order valence-corrected chi connectivity index (χ1v) is 12.6. The quantitative estimate of drug-likeness (QED) is 0.264. The van der Waals surface area contributed by atoms with Crippen molar-refractivity contribution >= 4 is 22.8 Å². The summed E-state index contributed by atoms with van der Waals surface area (Å²) < 4.78 is 2.25. The Morgan fingerprint density at radius 1 is 0.947 bits per heavy atom. The smallest absolute Gasteiger partial charge is 0.336 e. The van der Waals surface area contributed by atoms with Crippen LogP contribution in [0.3, 0.4) is 0 Å². The number of hydrogen-bond acceptors (Lipinski definition) is 3. The van der Waals surface area contributed by atoms with Crippen molar-refractivity contribution in [2.45, 2.75) is 33.4 Å². The molecular weight excluding hydrogens is 474 g/mol. The molecule has 2 N–H and O–H groups in total. The molecule has 38 heavy (non-hydrogen) atoms. The average Bonchev–Trinajstić information content (AvgIpc) is 3.18. The highest BCUT2D eigenvalue weighted by atomic mass is 16.4. The van der Waals surface area contributed by atoms with Crippen LogP contribution >= 0.6 is 0 Å². The summed E-state index contributed by atoms with van der Waals surface area (Å²) in [5.41, 5.74) is 7.74. The van der Waals surface area contributed by atoms with E-state index in [1.807, 2.05) is 79.7 Å². The van der Waals surface area contributed by atoms with E-state index in [0.717, 1.165) is 39.0 Å². The van der Waals surface area contributed by atoms with Crippen molar-refractivity contribution in [3.8, 4) is 11.1 Å². The summed E-state index contributed by atoms with van der Waals surface area (Å²) in [5.74, 6) is -1.07. The molecule has 0 bridgehead atoms. The number of aryl methyl sites for hydroxylation is 1. The standard InChI is InChI=1S/C32H29N3O3/c1-20-22(3)35(19-23-11-13-24(14-12-23)26-8-4-5-9-27(26)32(37)38)30-16-15-25(18-28(20)30)31(36)34-21(2)29-10-6-7-17-33-29/h4-18,21H,19H2,1-3H3,(H,34,36)(H,37,38)/t21-/m0/s1. The number of amides is 1. The summed E-state index contributed by atoms with van der Waals surface area (Å²) in [6, 6.07) is 26.4. The SMILES string of the molecule is Cc1c(C)n(Cc2ccc(-c3ccccc3C(=O)O)cc2)c2ccc(C(=O)N[C@@H](C)c3ccccn3)cc12. The molecule has 1 amide bonds. The van der Waals surface area contributed by atoms with Gasteiger partial charge in [-0.1, -0.05) is 48.5 Å². The van der Waals surface area contributed by atoms with Crippen LogP contribution in [0.5, 0.6) is 0 Å². The van der Waals surface area contributed by atoms with E-state index in [1.165, 1.54) is 0 Å². The van der Waals surface area contributed by atoms with Crippen molar-refractivity contribution in [3.05, 3.63) is 125 Å². The fraction of sp³-hybridized carbons (Fsp3) is 0.156. The van der Waals surface area contributed by atoms with Crippen LogP contribution in [-0.2, 0) is 6.54 Å². The summed E-state index contributed by atoms with van der Waals surface area (Å²) >= 11 is 0. The van der Waals surface area contributed by atoms with Crippen LogP contribution in [0.4, 0.5) is 0 Å². The van der Waals surface area contributed by atoms with Gasteiger partial charge >= 0.3 is 5.97 Å². The Hall–Kier alpha value is -4.71. The van der Waals surface area contributed by atoms with Gasteiger partial charge in [0.1, 0.15) is 0 Å². The topological polar surface area (TPSA) is 84.2 Å². The second kappa shape index (κ2) is 10.3. The maximum absolute atomic E-state index is 13.0. The Labute approximate surface area is 221 Å². The Bertz CT molecular complexity index is 1640. The largest absolute Gasteiger partial charge is 0.478 e. The van der Waals surface area contributed by atoms with Gasteiger partial charge in [0.15, 0.2) is 0 Å². The lowest BCUT2D eigenvalue weighted by molar-refractivity contribution is 0.0697. The van der Waals surface area contributed by atoms with E-state index in [1.54, 1.807) is 18.3 Å². The molecule has 5 rings (SSSR count). The molecule has 0 saturated heterocycles. The molecule has 0 radical (unpaired) electrons. The third-order valence-electron chi connectivity index (χ3n) is 7.14. The van der Waals surface area contributed by atoms with E-state index in [4.69, 9.17) is 0 Å². The van der Waals surface area contributed by atoms with Gasteiger partial charge in [0.05, 0.1) is 17.3 Å². The summed E-state index contributed by atoms with van der Waals surface area (Å²) in [6.45, 7) is 6.77. The molecule has 190 valence electrons. The number of carboxylic acid groups (broad SMARTS) is 1. The van der Waals surface area contributed by atoms with Crippen molar-refractivity contribution in [3.63, 3.8) is 0 Å². The van der Waals surface area contributed by atoms with Gasteiger partial charge in [0.2, 0.25) is 0 Å². The normalized spacial score (nSPS) is 11.9. The van der Waals surface area contributed by atoms with E-state index >= 15 is 0 Å². The molecule has 0 aliphatic rings. The molecule has 0 aliphatic heterocycles. The number of pyridine rings is 1. The Kier molecular flexibility index (Phi) is 6.79. The highest BCUT2D eigenvalue weighted by Crippen LogP contribution is 2.29. The minimum Gasteiger partial charge on any atom is -0.478 e. The Morgan fingerprint density at radius 2 is 1.68 bits per heavy atom. The van der Waals surface area contributed by atoms with Gasteiger partial charge in [0.25, 0.3) is 5.91 Å². The number of fused-ring (bicyclic) bond motifs is 1. The van der Waals surface area contributed by atoms with Gasteiger partial charge in [-0.05, 0) is 79.4 Å². The monoisotopic (exact) mass is 503 g/mol. The summed E-state index contributed by atoms with van der Waals surface area (Å²) in [6.07, 6.45) is 1.72. The number of carbonyl (C=O) groups excluding carboxylic acids is 1. The molecule has 2 aromatic heterocycles. The van der Waals surface area contributed by atoms with Crippen molar-refractivity contribution in [2.24, 2.45) is 0 Å². The lowest BCUT2D eigenvalue weighted by atomic mass is 9.99. The van der Waals surface area contributed by atoms with E-state index in [2.05, 4.69) is 28.7 Å². The van der Waals surface area contributed by atoms with Crippen LogP contribution in [0, 0.1) is 13.8 Å². The van der Waals surface area contributed by atoms with Crippen LogP contribution in [-0.4, -0.2) is 26.5 Å². The van der Waals surface area contributed by atoms with Crippen molar-refractivity contribution in [1.82, 2.24) is 14.9 Å². The summed E-state index contributed by atoms with van der Waals surface area (Å²) in [4.78, 5) is 29.0. The second-order valence-electron chi connectivity index (χ2n) is 9.53. The van der Waals surface area contributed by atoms with Crippen LogP contribution < -0.4 is 5.32 Å². The molecule has 0 saturated carbocycles. The van der Waals surface area contributed by atoms with E-state index in [-0.39, 0.29) is 17.5 Å². The van der Waals surface area contributed by atoms with E-state index < -0.39 is 5.97 Å². The molecule has 0 fully saturated rings. The zero-order chi connectivity index (χ0) is 26.8. The molecule has 1 atom stereocenters. The van der Waals surface area contributed by atoms with Gasteiger partial charge in [0, 0.05) is 34.9 Å². The average molecular weight is 504 g/mol. The molecule has 6 heteroatoms. The predicted octanol–water partition coefficient (Wildman–Crippen LogP) is 6.56. The van der Waals surface area contributed by atoms with Crippen molar-refractivity contribution in [2.75, 3.05) is 0 Å². The third kappa shape index (κ3) is 4.81. The van der Waals surface area contributed by atoms with Gasteiger partial charge in [-0.2, -0.15) is 0 Å². The molecule has 0 aliphatic carbocycles. The van der Waals surface area contributed by atoms with Gasteiger partial charge in [-0.25, -0.2) is 4.79 Å². The van der Waals surface area contributed by atoms with Crippen LogP contribution in [0.2, 0.25) is 0 Å². The number of carboxylic acids is 1. The molecule has 5 aromatic rings. The number of nitrogens with one attached hydrogen (secondary N) is 1. The molecule has 0 unspecified atom stereocenters. The Morgan fingerprint density at radius 3 is 2.39 bits per heavy atom. The first kappa shape index (κ1) is 25.0. The highest BCUT2D eigenvalue weighted by Gasteiger charge is 2.17. The lowest BCUT2D eigenvalue weighted by Crippen LogP contribution is -2.27. The maximum Gasteiger partial charge on any atom is 0.336 e. The number of rotatable bonds is 7. The summed E-state index contributed by atoms with van der Waals surface area (Å²) in [5, 5.41) is 13.6. The molecule has 6 nitrogen and oxygen atoms in total. The lowest BCUT2D eigenvalue weighted by Gasteiger charge is -2.14. The van der Waals surface area contributed by atoms with E-state index in [9.17, 15) is 14.7 Å². The van der Waals surface area contributed by atoms with Crippen LogP contribution in [0.1, 0.15) is 56.2 Å². The number of aromatic carboxylic acids is 1. The second-order valence-corrected chi connectivity index (χ2v) is 9.53. The van der Waals surface area contributed by atoms with Crippen molar-refractivity contribution in [1.29, 1.82) is 0 Å². The van der Waals surface area contributed by atoms with Gasteiger partial charge in [-0.15, -0.1) is 0 Å². The zero-order valence-electron chi connectivity index (χ0n) is 21.6. The summed E-state index contributed by atoms with van der Waals surface area (Å²) in [7, 11) is 0. The predicted molar refractivity (Wildman–Crippen MR) is 149 cm³/mol. The van der Waals surface area contributed by atoms with E-state index in [0.29, 0.717) is 17.7 Å². The Balaban J connectivity index is 1.39. The number of benzene rings is 3. The molecule has 3 aromatic carbocycles.